The van der Waals surface area contributed by atoms with E-state index in [9.17, 15) is 4.79 Å². The Balaban J connectivity index is 1.56. The Morgan fingerprint density at radius 3 is 2.83 bits per heavy atom. The Morgan fingerprint density at radius 2 is 2.04 bits per heavy atom. The van der Waals surface area contributed by atoms with Crippen LogP contribution in [0.25, 0.3) is 10.8 Å². The van der Waals surface area contributed by atoms with E-state index in [4.69, 9.17) is 0 Å². The third-order valence-electron chi connectivity index (χ3n) is 4.73. The number of carbonyl (C=O) groups is 1. The predicted octanol–water partition coefficient (Wildman–Crippen LogP) is 2.99. The Hall–Kier alpha value is -2.69. The minimum Gasteiger partial charge on any atom is -0.338 e. The minimum absolute atomic E-state index is 0.0635. The van der Waals surface area contributed by atoms with Gasteiger partial charge in [0.2, 0.25) is 0 Å². The molecule has 2 aromatic heterocycles. The molecule has 3 aromatic rings. The monoisotopic (exact) mass is 320 g/mol. The second-order valence-electron chi connectivity index (χ2n) is 6.45. The summed E-state index contributed by atoms with van der Waals surface area (Å²) in [4.78, 5) is 19.2. The Morgan fingerprint density at radius 1 is 1.21 bits per heavy atom. The molecule has 0 saturated carbocycles. The van der Waals surface area contributed by atoms with Gasteiger partial charge in [-0.3, -0.25) is 14.5 Å². The fourth-order valence-corrected chi connectivity index (χ4v) is 3.44. The van der Waals surface area contributed by atoms with Gasteiger partial charge in [-0.15, -0.1) is 0 Å². The van der Waals surface area contributed by atoms with Crippen molar-refractivity contribution in [2.45, 2.75) is 18.8 Å². The summed E-state index contributed by atoms with van der Waals surface area (Å²) in [6.07, 6.45) is 7.43. The molecular weight excluding hydrogens is 300 g/mol. The number of piperidine rings is 1. The smallest absolute Gasteiger partial charge is 0.257 e. The molecule has 0 unspecified atom stereocenters. The third kappa shape index (κ3) is 2.77. The van der Waals surface area contributed by atoms with E-state index in [2.05, 4.69) is 28.3 Å². The average molecular weight is 320 g/mol. The molecule has 0 spiro atoms. The van der Waals surface area contributed by atoms with E-state index in [1.54, 1.807) is 17.1 Å². The average Bonchev–Trinajstić information content (AvgIpc) is 3.07. The summed E-state index contributed by atoms with van der Waals surface area (Å²) < 4.78 is 1.67. The SMILES string of the molecule is Cn1cc(C(=O)N2CCC[C@H](c3cc4ccccc4cn3)C2)cn1. The fourth-order valence-electron chi connectivity index (χ4n) is 3.44. The molecule has 5 heteroatoms. The van der Waals surface area contributed by atoms with Crippen molar-refractivity contribution in [2.24, 2.45) is 7.05 Å². The number of pyridine rings is 1. The zero-order valence-corrected chi connectivity index (χ0v) is 13.7. The zero-order chi connectivity index (χ0) is 16.5. The number of hydrogen-bond donors (Lipinski definition) is 0. The van der Waals surface area contributed by atoms with E-state index in [-0.39, 0.29) is 5.91 Å². The molecule has 0 bridgehead atoms. The van der Waals surface area contributed by atoms with Crippen LogP contribution in [0.3, 0.4) is 0 Å². The molecule has 0 radical (unpaired) electrons. The van der Waals surface area contributed by atoms with Crippen molar-refractivity contribution in [1.82, 2.24) is 19.7 Å². The van der Waals surface area contributed by atoms with Gasteiger partial charge < -0.3 is 4.90 Å². The van der Waals surface area contributed by atoms with E-state index in [1.165, 1.54) is 5.39 Å². The Bertz CT molecular complexity index is 886. The van der Waals surface area contributed by atoms with Crippen molar-refractivity contribution in [1.29, 1.82) is 0 Å². The van der Waals surface area contributed by atoms with E-state index < -0.39 is 0 Å². The van der Waals surface area contributed by atoms with Crippen LogP contribution in [0.5, 0.6) is 0 Å². The van der Waals surface area contributed by atoms with Crippen molar-refractivity contribution < 1.29 is 4.79 Å². The molecule has 3 heterocycles. The van der Waals surface area contributed by atoms with E-state index >= 15 is 0 Å². The van der Waals surface area contributed by atoms with Crippen LogP contribution in [0.2, 0.25) is 0 Å². The highest BCUT2D eigenvalue weighted by Gasteiger charge is 2.26. The maximum atomic E-state index is 12.7. The number of benzene rings is 1. The van der Waals surface area contributed by atoms with Gasteiger partial charge in [-0.1, -0.05) is 24.3 Å². The second kappa shape index (κ2) is 6.07. The van der Waals surface area contributed by atoms with Gasteiger partial charge in [-0.05, 0) is 24.3 Å². The van der Waals surface area contributed by atoms with Crippen molar-refractivity contribution in [3.63, 3.8) is 0 Å². The van der Waals surface area contributed by atoms with Crippen LogP contribution in [-0.4, -0.2) is 38.7 Å². The highest BCUT2D eigenvalue weighted by molar-refractivity contribution is 5.93. The minimum atomic E-state index is 0.0635. The van der Waals surface area contributed by atoms with Crippen LogP contribution in [-0.2, 0) is 7.05 Å². The van der Waals surface area contributed by atoms with Crippen LogP contribution >= 0.6 is 0 Å². The van der Waals surface area contributed by atoms with E-state index in [1.807, 2.05) is 30.3 Å². The highest BCUT2D eigenvalue weighted by Crippen LogP contribution is 2.28. The lowest BCUT2D eigenvalue weighted by Gasteiger charge is -2.32. The van der Waals surface area contributed by atoms with Crippen molar-refractivity contribution in [3.05, 3.63) is 60.2 Å². The summed E-state index contributed by atoms with van der Waals surface area (Å²) in [7, 11) is 1.83. The van der Waals surface area contributed by atoms with Crippen molar-refractivity contribution in [2.75, 3.05) is 13.1 Å². The molecule has 4 rings (SSSR count). The topological polar surface area (TPSA) is 51.0 Å². The molecule has 1 atom stereocenters. The van der Waals surface area contributed by atoms with Gasteiger partial charge in [0.25, 0.3) is 5.91 Å². The first-order valence-corrected chi connectivity index (χ1v) is 8.33. The summed E-state index contributed by atoms with van der Waals surface area (Å²) in [6, 6.07) is 10.4. The maximum Gasteiger partial charge on any atom is 0.257 e. The van der Waals surface area contributed by atoms with Crippen LogP contribution < -0.4 is 0 Å². The molecule has 24 heavy (non-hydrogen) atoms. The molecule has 5 nitrogen and oxygen atoms in total. The molecular formula is C19H20N4O. The lowest BCUT2D eigenvalue weighted by Crippen LogP contribution is -2.39. The largest absolute Gasteiger partial charge is 0.338 e. The third-order valence-corrected chi connectivity index (χ3v) is 4.73. The Labute approximate surface area is 140 Å². The summed E-state index contributed by atoms with van der Waals surface area (Å²) in [5.74, 6) is 0.359. The molecule has 1 aliphatic rings. The lowest BCUT2D eigenvalue weighted by molar-refractivity contribution is 0.0706. The zero-order valence-electron chi connectivity index (χ0n) is 13.7. The quantitative estimate of drug-likeness (QED) is 0.729. The van der Waals surface area contributed by atoms with Gasteiger partial charge >= 0.3 is 0 Å². The van der Waals surface area contributed by atoms with Gasteiger partial charge in [0, 0.05) is 49.5 Å². The van der Waals surface area contributed by atoms with Crippen LogP contribution in [0, 0.1) is 0 Å². The number of fused-ring (bicyclic) bond motifs is 1. The molecule has 1 saturated heterocycles. The summed E-state index contributed by atoms with van der Waals surface area (Å²) >= 11 is 0. The number of carbonyl (C=O) groups excluding carboxylic acids is 1. The lowest BCUT2D eigenvalue weighted by atomic mass is 9.93. The first-order chi connectivity index (χ1) is 11.7. The van der Waals surface area contributed by atoms with Gasteiger partial charge in [-0.2, -0.15) is 5.10 Å². The molecule has 122 valence electrons. The Kier molecular flexibility index (Phi) is 3.76. The number of likely N-dealkylation sites (tertiary alicyclic amines) is 1. The molecule has 1 amide bonds. The van der Waals surface area contributed by atoms with Crippen LogP contribution in [0.4, 0.5) is 0 Å². The highest BCUT2D eigenvalue weighted by atomic mass is 16.2. The standard InChI is InChI=1S/C19H20N4O/c1-22-12-17(11-21-22)19(24)23-8-4-7-16(13-23)18-9-14-5-2-3-6-15(14)10-20-18/h2-3,5-6,9-12,16H,4,7-8,13H2,1H3/t16-/m0/s1. The van der Waals surface area contributed by atoms with E-state index in [0.29, 0.717) is 11.5 Å². The van der Waals surface area contributed by atoms with Crippen molar-refractivity contribution >= 4 is 16.7 Å². The van der Waals surface area contributed by atoms with Gasteiger partial charge in [0.1, 0.15) is 0 Å². The van der Waals surface area contributed by atoms with Crippen molar-refractivity contribution in [3.8, 4) is 0 Å². The number of aromatic nitrogens is 3. The molecule has 1 aliphatic heterocycles. The normalized spacial score (nSPS) is 18.0. The predicted molar refractivity (Wildman–Crippen MR) is 92.8 cm³/mol. The number of hydrogen-bond acceptors (Lipinski definition) is 3. The summed E-state index contributed by atoms with van der Waals surface area (Å²) in [6.45, 7) is 1.52. The fraction of sp³-hybridized carbons (Fsp3) is 0.316. The summed E-state index contributed by atoms with van der Waals surface area (Å²) in [5.41, 5.74) is 1.74. The van der Waals surface area contributed by atoms with Gasteiger partial charge in [0.15, 0.2) is 0 Å². The van der Waals surface area contributed by atoms with Crippen LogP contribution in [0.15, 0.2) is 48.9 Å². The first kappa shape index (κ1) is 14.9. The number of rotatable bonds is 2. The number of amides is 1. The van der Waals surface area contributed by atoms with Gasteiger partial charge in [-0.25, -0.2) is 0 Å². The van der Waals surface area contributed by atoms with Crippen LogP contribution in [0.1, 0.15) is 34.8 Å². The molecule has 1 fully saturated rings. The number of aryl methyl sites for hydroxylation is 1. The molecule has 0 N–H and O–H groups in total. The maximum absolute atomic E-state index is 12.7. The molecule has 1 aromatic carbocycles. The summed E-state index contributed by atoms with van der Waals surface area (Å²) in [5, 5.41) is 6.46. The van der Waals surface area contributed by atoms with Gasteiger partial charge in [0.05, 0.1) is 11.8 Å². The first-order valence-electron chi connectivity index (χ1n) is 8.33. The second-order valence-corrected chi connectivity index (χ2v) is 6.45. The number of nitrogens with zero attached hydrogens (tertiary/aromatic N) is 4. The molecule has 0 aliphatic carbocycles. The van der Waals surface area contributed by atoms with E-state index in [0.717, 1.165) is 37.0 Å².